The van der Waals surface area contributed by atoms with Gasteiger partial charge < -0.3 is 0 Å². The van der Waals surface area contributed by atoms with E-state index in [1.165, 1.54) is 17.5 Å². The number of hydrogen-bond donors (Lipinski definition) is 0. The maximum Gasteiger partial charge on any atom is -0.0398 e. The molecule has 0 spiro atoms. The summed E-state index contributed by atoms with van der Waals surface area (Å²) >= 11 is 0. The van der Waals surface area contributed by atoms with Gasteiger partial charge in [0.2, 0.25) is 0 Å². The first kappa shape index (κ1) is 18.9. The minimum Gasteiger partial charge on any atom is -0.0776 e. The maximum absolute atomic E-state index is 2.17. The average Bonchev–Trinajstić information content (AvgIpc) is 2.08. The molecule has 0 atom stereocenters. The molecule has 0 radical (unpaired) electrons. The lowest BCUT2D eigenvalue weighted by Crippen LogP contribution is -1.71. The average molecular weight is 196 g/mol. The van der Waals surface area contributed by atoms with E-state index in [0.29, 0.717) is 0 Å². The molecule has 0 bridgehead atoms. The van der Waals surface area contributed by atoms with Gasteiger partial charge in [-0.3, -0.25) is 0 Å². The van der Waals surface area contributed by atoms with E-state index in [2.05, 4.69) is 52.0 Å². The first-order chi connectivity index (χ1) is 6.20. The van der Waals surface area contributed by atoms with Crippen molar-refractivity contribution in [1.82, 2.24) is 0 Å². The molecular formula is C14H28. The normalized spacial score (nSPS) is 7.00. The van der Waals surface area contributed by atoms with Crippen molar-refractivity contribution in [2.24, 2.45) is 0 Å². The maximum atomic E-state index is 2.17. The molecule has 14 heavy (non-hydrogen) atoms. The molecule has 0 heterocycles. The van der Waals surface area contributed by atoms with Crippen LogP contribution in [0.5, 0.6) is 0 Å². The van der Waals surface area contributed by atoms with Crippen LogP contribution in [0.4, 0.5) is 0 Å². The fraction of sp³-hybridized carbons (Fsp3) is 0.571. The highest BCUT2D eigenvalue weighted by Gasteiger charge is 1.80. The Bertz CT molecular complexity index is 172. The third-order valence-electron chi connectivity index (χ3n) is 1.17. The molecular weight excluding hydrogens is 168 g/mol. The molecule has 0 N–H and O–H groups in total. The van der Waals surface area contributed by atoms with Gasteiger partial charge in [-0.25, -0.2) is 0 Å². The van der Waals surface area contributed by atoms with Gasteiger partial charge in [-0.1, -0.05) is 76.9 Å². The molecule has 1 aromatic carbocycles. The monoisotopic (exact) mass is 196 g/mol. The van der Waals surface area contributed by atoms with Gasteiger partial charge in [-0.15, -0.1) is 0 Å². The second-order valence-electron chi connectivity index (χ2n) is 2.87. The minimum atomic E-state index is 0. The number of aryl methyl sites for hydroxylation is 2. The fourth-order valence-corrected chi connectivity index (χ4v) is 0.807. The lowest BCUT2D eigenvalue weighted by molar-refractivity contribution is 1.09. The van der Waals surface area contributed by atoms with E-state index < -0.39 is 0 Å². The first-order valence-corrected chi connectivity index (χ1v) is 5.24. The Hall–Kier alpha value is -0.780. The van der Waals surface area contributed by atoms with Crippen molar-refractivity contribution < 1.29 is 0 Å². The van der Waals surface area contributed by atoms with Crippen molar-refractivity contribution >= 4 is 0 Å². The van der Waals surface area contributed by atoms with Crippen LogP contribution in [0.1, 0.15) is 52.7 Å². The van der Waals surface area contributed by atoms with Crippen LogP contribution in [0.3, 0.4) is 0 Å². The summed E-state index contributed by atoms with van der Waals surface area (Å²) in [6.07, 6.45) is 1.25. The van der Waals surface area contributed by atoms with Crippen molar-refractivity contribution in [3.05, 3.63) is 35.4 Å². The highest BCUT2D eigenvalue weighted by molar-refractivity contribution is 5.20. The Morgan fingerprint density at radius 1 is 0.929 bits per heavy atom. The summed E-state index contributed by atoms with van der Waals surface area (Å²) in [5, 5.41) is 0. The first-order valence-electron chi connectivity index (χ1n) is 5.24. The molecule has 0 saturated carbocycles. The van der Waals surface area contributed by atoms with Crippen molar-refractivity contribution in [3.63, 3.8) is 0 Å². The van der Waals surface area contributed by atoms with E-state index in [-0.39, 0.29) is 7.43 Å². The predicted molar refractivity (Wildman–Crippen MR) is 70.0 cm³/mol. The number of benzene rings is 1. The van der Waals surface area contributed by atoms with Crippen LogP contribution in [-0.4, -0.2) is 0 Å². The van der Waals surface area contributed by atoms with Crippen LogP contribution in [0.25, 0.3) is 0 Å². The van der Waals surface area contributed by atoms with Gasteiger partial charge in [0.25, 0.3) is 0 Å². The third kappa shape index (κ3) is 13.8. The second-order valence-corrected chi connectivity index (χ2v) is 2.87. The molecule has 0 heteroatoms. The zero-order valence-corrected chi connectivity index (χ0v) is 10.0. The zero-order chi connectivity index (χ0) is 10.7. The summed E-state index contributed by atoms with van der Waals surface area (Å²) in [6.45, 7) is 12.5. The van der Waals surface area contributed by atoms with Crippen LogP contribution in [0.15, 0.2) is 24.3 Å². The van der Waals surface area contributed by atoms with Gasteiger partial charge in [0.1, 0.15) is 0 Å². The van der Waals surface area contributed by atoms with Crippen LogP contribution >= 0.6 is 0 Å². The Labute approximate surface area is 91.4 Å². The molecule has 0 saturated heterocycles. The van der Waals surface area contributed by atoms with Crippen LogP contribution < -0.4 is 0 Å². The lowest BCUT2D eigenvalue weighted by Gasteiger charge is -1.90. The van der Waals surface area contributed by atoms with Crippen LogP contribution in [-0.2, 0) is 0 Å². The molecule has 0 aromatic heterocycles. The van der Waals surface area contributed by atoms with Gasteiger partial charge in [-0.05, 0) is 13.8 Å². The molecule has 0 fully saturated rings. The molecule has 84 valence electrons. The summed E-state index contributed by atoms with van der Waals surface area (Å²) < 4.78 is 0. The van der Waals surface area contributed by atoms with Crippen LogP contribution in [0, 0.1) is 13.8 Å². The SMILES string of the molecule is C.CC.CCC.Cc1cccc(C)c1. The van der Waals surface area contributed by atoms with E-state index in [4.69, 9.17) is 0 Å². The highest BCUT2D eigenvalue weighted by atomic mass is 13.9. The highest BCUT2D eigenvalue weighted by Crippen LogP contribution is 2.00. The standard InChI is InChI=1S/C8H10.C3H8.C2H6.CH4/c1-7-4-3-5-8(2)6-7;1-3-2;1-2;/h3-6H,1-2H3;3H2,1-2H3;1-2H3;1H4. The van der Waals surface area contributed by atoms with Gasteiger partial charge in [0.05, 0.1) is 0 Å². The summed E-state index contributed by atoms with van der Waals surface area (Å²) in [7, 11) is 0. The molecule has 1 rings (SSSR count). The second kappa shape index (κ2) is 14.7. The van der Waals surface area contributed by atoms with E-state index in [0.717, 1.165) is 0 Å². The predicted octanol–water partition coefficient (Wildman–Crippen LogP) is 5.38. The molecule has 0 aliphatic carbocycles. The Morgan fingerprint density at radius 3 is 1.36 bits per heavy atom. The van der Waals surface area contributed by atoms with Crippen molar-refractivity contribution in [2.45, 2.75) is 55.4 Å². The molecule has 0 aliphatic heterocycles. The number of hydrogen-bond acceptors (Lipinski definition) is 0. The summed E-state index contributed by atoms with van der Waals surface area (Å²) in [5.41, 5.74) is 2.68. The fourth-order valence-electron chi connectivity index (χ4n) is 0.807. The molecule has 0 amide bonds. The van der Waals surface area contributed by atoms with Crippen molar-refractivity contribution in [1.29, 1.82) is 0 Å². The zero-order valence-electron chi connectivity index (χ0n) is 10.0. The summed E-state index contributed by atoms with van der Waals surface area (Å²) in [5.74, 6) is 0. The largest absolute Gasteiger partial charge is 0.0776 e. The summed E-state index contributed by atoms with van der Waals surface area (Å²) in [6, 6.07) is 8.45. The molecule has 0 nitrogen and oxygen atoms in total. The quantitative estimate of drug-likeness (QED) is 0.522. The van der Waals surface area contributed by atoms with E-state index in [1.807, 2.05) is 13.8 Å². The summed E-state index contributed by atoms with van der Waals surface area (Å²) in [4.78, 5) is 0. The smallest absolute Gasteiger partial charge is 0.0398 e. The van der Waals surface area contributed by atoms with E-state index >= 15 is 0 Å². The van der Waals surface area contributed by atoms with Crippen molar-refractivity contribution in [3.8, 4) is 0 Å². The van der Waals surface area contributed by atoms with Crippen molar-refractivity contribution in [2.75, 3.05) is 0 Å². The third-order valence-corrected chi connectivity index (χ3v) is 1.17. The Balaban J connectivity index is -0.000000176. The van der Waals surface area contributed by atoms with Crippen LogP contribution in [0.2, 0.25) is 0 Å². The topological polar surface area (TPSA) is 0 Å². The number of rotatable bonds is 0. The van der Waals surface area contributed by atoms with Gasteiger partial charge in [0.15, 0.2) is 0 Å². The van der Waals surface area contributed by atoms with Gasteiger partial charge in [-0.2, -0.15) is 0 Å². The molecule has 0 unspecified atom stereocenters. The van der Waals surface area contributed by atoms with Gasteiger partial charge in [0, 0.05) is 0 Å². The molecule has 1 aromatic rings. The Morgan fingerprint density at radius 2 is 1.21 bits per heavy atom. The molecule has 0 aliphatic rings. The minimum absolute atomic E-state index is 0. The Kier molecular flexibility index (Phi) is 19.9. The van der Waals surface area contributed by atoms with Gasteiger partial charge >= 0.3 is 0 Å². The van der Waals surface area contributed by atoms with E-state index in [1.54, 1.807) is 0 Å². The lowest BCUT2D eigenvalue weighted by atomic mass is 10.2. The van der Waals surface area contributed by atoms with E-state index in [9.17, 15) is 0 Å².